The van der Waals surface area contributed by atoms with Crippen LogP contribution in [0.3, 0.4) is 0 Å². The summed E-state index contributed by atoms with van der Waals surface area (Å²) in [6, 6.07) is 0. The zero-order chi connectivity index (χ0) is 11.7. The zero-order valence-electron chi connectivity index (χ0n) is 7.69. The van der Waals surface area contributed by atoms with E-state index in [0.717, 1.165) is 0 Å². The van der Waals surface area contributed by atoms with Gasteiger partial charge in [-0.2, -0.15) is 22.0 Å². The van der Waals surface area contributed by atoms with Gasteiger partial charge in [-0.05, 0) is 0 Å². The molecule has 0 atom stereocenters. The first kappa shape index (κ1) is 12.6. The molecule has 0 aromatic heterocycles. The number of nitrogens with zero attached hydrogens (tertiary/aromatic N) is 1. The van der Waals surface area contributed by atoms with Crippen molar-refractivity contribution in [2.45, 2.75) is 18.2 Å². The van der Waals surface area contributed by atoms with Crippen LogP contribution in [0.2, 0.25) is 0 Å². The van der Waals surface area contributed by atoms with E-state index in [-0.39, 0.29) is 6.67 Å². The van der Waals surface area contributed by atoms with Crippen molar-refractivity contribution in [3.8, 4) is 0 Å². The van der Waals surface area contributed by atoms with Gasteiger partial charge in [0.05, 0.1) is 12.6 Å². The molecule has 0 spiro atoms. The van der Waals surface area contributed by atoms with Crippen molar-refractivity contribution >= 4 is 0 Å². The number of aliphatic hydroxyl groups is 1. The van der Waals surface area contributed by atoms with Gasteiger partial charge in [-0.1, -0.05) is 0 Å². The van der Waals surface area contributed by atoms with Gasteiger partial charge in [-0.15, -0.1) is 0 Å². The first-order chi connectivity index (χ1) is 6.72. The number of hydrogen-bond donors (Lipinski definition) is 2. The number of β-amino-alcohol motifs (C(OH)–C–C–N with tert-alkyl or cyclic N) is 1. The van der Waals surface area contributed by atoms with Crippen molar-refractivity contribution in [1.29, 1.82) is 0 Å². The first-order valence-electron chi connectivity index (χ1n) is 4.28. The Morgan fingerprint density at radius 3 is 2.13 bits per heavy atom. The number of nitrogens with one attached hydrogen (secondary N) is 1. The molecule has 0 radical (unpaired) electrons. The molecule has 1 saturated heterocycles. The van der Waals surface area contributed by atoms with Crippen molar-refractivity contribution in [2.75, 3.05) is 26.3 Å². The summed E-state index contributed by atoms with van der Waals surface area (Å²) in [7, 11) is 0. The minimum absolute atomic E-state index is 0.0806. The summed E-state index contributed by atoms with van der Waals surface area (Å²) >= 11 is 0. The SMILES string of the molecule is OC1CN(CNCC(F)(F)C(F)(F)F)C1. The predicted octanol–water partition coefficient (Wildman–Crippen LogP) is 0.408. The minimum Gasteiger partial charge on any atom is -0.390 e. The number of alkyl halides is 5. The highest BCUT2D eigenvalue weighted by molar-refractivity contribution is 4.81. The molecular formula is C7H11F5N2O. The molecule has 1 heterocycles. The van der Waals surface area contributed by atoms with Crippen LogP contribution in [-0.4, -0.2) is 54.5 Å². The van der Waals surface area contributed by atoms with Crippen LogP contribution in [0, 0.1) is 0 Å². The van der Waals surface area contributed by atoms with E-state index >= 15 is 0 Å². The third-order valence-corrected chi connectivity index (χ3v) is 2.04. The highest BCUT2D eigenvalue weighted by atomic mass is 19.4. The van der Waals surface area contributed by atoms with E-state index in [9.17, 15) is 22.0 Å². The van der Waals surface area contributed by atoms with Gasteiger partial charge >= 0.3 is 12.1 Å². The van der Waals surface area contributed by atoms with E-state index in [1.54, 1.807) is 0 Å². The zero-order valence-corrected chi connectivity index (χ0v) is 7.69. The summed E-state index contributed by atoms with van der Waals surface area (Å²) < 4.78 is 59.7. The normalized spacial score (nSPS) is 20.4. The van der Waals surface area contributed by atoms with Gasteiger partial charge in [0.25, 0.3) is 0 Å². The van der Waals surface area contributed by atoms with E-state index < -0.39 is 24.7 Å². The van der Waals surface area contributed by atoms with Gasteiger partial charge in [0.1, 0.15) is 0 Å². The number of likely N-dealkylation sites (tertiary alicyclic amines) is 1. The van der Waals surface area contributed by atoms with Crippen LogP contribution in [0.5, 0.6) is 0 Å². The molecule has 1 aliphatic heterocycles. The molecule has 15 heavy (non-hydrogen) atoms. The molecule has 0 aromatic carbocycles. The summed E-state index contributed by atoms with van der Waals surface area (Å²) in [6.45, 7) is -0.930. The molecule has 0 aliphatic carbocycles. The quantitative estimate of drug-likeness (QED) is 0.691. The summed E-state index contributed by atoms with van der Waals surface area (Å²) in [5.74, 6) is -4.71. The summed E-state index contributed by atoms with van der Waals surface area (Å²) in [5.41, 5.74) is 0. The molecule has 1 fully saturated rings. The van der Waals surface area contributed by atoms with E-state index in [1.165, 1.54) is 4.90 Å². The third kappa shape index (κ3) is 3.25. The Bertz CT molecular complexity index is 214. The van der Waals surface area contributed by atoms with Gasteiger partial charge in [-0.25, -0.2) is 0 Å². The van der Waals surface area contributed by atoms with Crippen molar-refractivity contribution in [3.63, 3.8) is 0 Å². The largest absolute Gasteiger partial charge is 0.454 e. The van der Waals surface area contributed by atoms with Crippen molar-refractivity contribution in [3.05, 3.63) is 0 Å². The number of hydrogen-bond acceptors (Lipinski definition) is 3. The summed E-state index contributed by atoms with van der Waals surface area (Å²) in [6.07, 6.45) is -6.02. The molecule has 1 rings (SSSR count). The van der Waals surface area contributed by atoms with Crippen LogP contribution in [0.25, 0.3) is 0 Å². The Morgan fingerprint density at radius 2 is 1.73 bits per heavy atom. The second-order valence-electron chi connectivity index (χ2n) is 3.48. The van der Waals surface area contributed by atoms with Crippen LogP contribution in [0.15, 0.2) is 0 Å². The van der Waals surface area contributed by atoms with Crippen LogP contribution < -0.4 is 5.32 Å². The highest BCUT2D eigenvalue weighted by Crippen LogP contribution is 2.34. The van der Waals surface area contributed by atoms with Crippen LogP contribution in [-0.2, 0) is 0 Å². The Kier molecular flexibility index (Phi) is 3.51. The smallest absolute Gasteiger partial charge is 0.390 e. The van der Waals surface area contributed by atoms with Gasteiger partial charge < -0.3 is 5.11 Å². The number of rotatable bonds is 4. The van der Waals surface area contributed by atoms with E-state index in [0.29, 0.717) is 13.1 Å². The van der Waals surface area contributed by atoms with Crippen LogP contribution in [0.1, 0.15) is 0 Å². The Morgan fingerprint density at radius 1 is 1.20 bits per heavy atom. The van der Waals surface area contributed by atoms with Crippen molar-refractivity contribution in [1.82, 2.24) is 10.2 Å². The molecule has 2 N–H and O–H groups in total. The molecule has 1 aliphatic rings. The van der Waals surface area contributed by atoms with Gasteiger partial charge in [0.15, 0.2) is 0 Å². The van der Waals surface area contributed by atoms with Gasteiger partial charge in [0.2, 0.25) is 0 Å². The monoisotopic (exact) mass is 234 g/mol. The lowest BCUT2D eigenvalue weighted by Crippen LogP contribution is -2.56. The molecular weight excluding hydrogens is 223 g/mol. The average molecular weight is 234 g/mol. The summed E-state index contributed by atoms with van der Waals surface area (Å²) in [5, 5.41) is 10.8. The second-order valence-corrected chi connectivity index (χ2v) is 3.48. The lowest BCUT2D eigenvalue weighted by atomic mass is 10.2. The second kappa shape index (κ2) is 4.18. The van der Waals surface area contributed by atoms with Crippen LogP contribution >= 0.6 is 0 Å². The highest BCUT2D eigenvalue weighted by Gasteiger charge is 2.56. The molecule has 0 saturated carbocycles. The van der Waals surface area contributed by atoms with Crippen molar-refractivity contribution < 1.29 is 27.1 Å². The third-order valence-electron chi connectivity index (χ3n) is 2.04. The predicted molar refractivity (Wildman–Crippen MR) is 41.5 cm³/mol. The van der Waals surface area contributed by atoms with Crippen LogP contribution in [0.4, 0.5) is 22.0 Å². The fourth-order valence-electron chi connectivity index (χ4n) is 1.14. The average Bonchev–Trinajstić information content (AvgIpc) is 1.98. The fourth-order valence-corrected chi connectivity index (χ4v) is 1.14. The molecule has 0 amide bonds. The number of aliphatic hydroxyl groups excluding tert-OH is 1. The lowest BCUT2D eigenvalue weighted by Gasteiger charge is -2.36. The Balaban J connectivity index is 2.19. The van der Waals surface area contributed by atoms with E-state index in [1.807, 2.05) is 5.32 Å². The summed E-state index contributed by atoms with van der Waals surface area (Å²) in [4.78, 5) is 1.52. The van der Waals surface area contributed by atoms with Crippen molar-refractivity contribution in [2.24, 2.45) is 0 Å². The van der Waals surface area contributed by atoms with E-state index in [4.69, 9.17) is 5.11 Å². The van der Waals surface area contributed by atoms with E-state index in [2.05, 4.69) is 0 Å². The molecule has 3 nitrogen and oxygen atoms in total. The maximum absolute atomic E-state index is 12.3. The Labute approximate surface area is 82.9 Å². The minimum atomic E-state index is -5.52. The molecule has 0 bridgehead atoms. The topological polar surface area (TPSA) is 35.5 Å². The molecule has 0 unspecified atom stereocenters. The molecule has 90 valence electrons. The van der Waals surface area contributed by atoms with Gasteiger partial charge in [0, 0.05) is 19.8 Å². The standard InChI is InChI=1S/C7H11F5N2O/c8-6(9,7(10,11)12)3-13-4-14-1-5(15)2-14/h5,13,15H,1-4H2. The molecule has 0 aromatic rings. The number of halogens is 5. The lowest BCUT2D eigenvalue weighted by molar-refractivity contribution is -0.279. The maximum Gasteiger partial charge on any atom is 0.454 e. The first-order valence-corrected chi connectivity index (χ1v) is 4.28. The maximum atomic E-state index is 12.3. The van der Waals surface area contributed by atoms with Gasteiger partial charge in [-0.3, -0.25) is 10.2 Å². The Hall–Kier alpha value is -0.470. The fraction of sp³-hybridized carbons (Fsp3) is 1.00. The molecule has 8 heteroatoms.